The smallest absolute Gasteiger partial charge is 0.252 e. The van der Waals surface area contributed by atoms with Gasteiger partial charge in [0.2, 0.25) is 0 Å². The van der Waals surface area contributed by atoms with Gasteiger partial charge in [0.15, 0.2) is 0 Å². The maximum Gasteiger partial charge on any atom is 0.252 e. The molecule has 0 fully saturated rings. The summed E-state index contributed by atoms with van der Waals surface area (Å²) >= 11 is 11.9. The molecule has 0 unspecified atom stereocenters. The summed E-state index contributed by atoms with van der Waals surface area (Å²) in [5.41, 5.74) is 6.38. The van der Waals surface area contributed by atoms with Crippen LogP contribution in [0.4, 0.5) is 0 Å². The average Bonchev–Trinajstić information content (AvgIpc) is 2.42. The molecule has 7 heteroatoms. The van der Waals surface area contributed by atoms with Crippen molar-refractivity contribution in [3.63, 3.8) is 0 Å². The number of halogens is 2. The molecule has 21 heavy (non-hydrogen) atoms. The zero-order valence-electron chi connectivity index (χ0n) is 10.7. The highest BCUT2D eigenvalue weighted by atomic mass is 35.5. The molecular formula is C14H10Cl2N4O. The quantitative estimate of drug-likeness (QED) is 0.907. The van der Waals surface area contributed by atoms with Gasteiger partial charge in [-0.05, 0) is 23.8 Å². The van der Waals surface area contributed by atoms with Gasteiger partial charge in [-0.25, -0.2) is 0 Å². The van der Waals surface area contributed by atoms with Crippen LogP contribution in [0.15, 0.2) is 30.5 Å². The van der Waals surface area contributed by atoms with Gasteiger partial charge < -0.3 is 10.3 Å². The van der Waals surface area contributed by atoms with Crippen molar-refractivity contribution in [1.29, 1.82) is 10.7 Å². The van der Waals surface area contributed by atoms with Crippen molar-refractivity contribution in [3.05, 3.63) is 62.7 Å². The second kappa shape index (κ2) is 6.00. The summed E-state index contributed by atoms with van der Waals surface area (Å²) in [7, 11) is 0. The molecule has 106 valence electrons. The van der Waals surface area contributed by atoms with E-state index in [1.807, 2.05) is 6.07 Å². The van der Waals surface area contributed by atoms with E-state index in [-0.39, 0.29) is 17.6 Å². The molecule has 1 amide bonds. The van der Waals surface area contributed by atoms with Gasteiger partial charge in [-0.1, -0.05) is 29.3 Å². The number of nitrogens with zero attached hydrogens (tertiary/aromatic N) is 2. The highest BCUT2D eigenvalue weighted by Gasteiger charge is 2.09. The third-order valence-corrected chi connectivity index (χ3v) is 3.40. The number of aromatic nitrogens is 1. The first-order chi connectivity index (χ1) is 9.92. The second-order valence-electron chi connectivity index (χ2n) is 4.34. The highest BCUT2D eigenvalue weighted by Crippen LogP contribution is 2.18. The molecule has 0 saturated carbocycles. The number of hydrogen-bond donors (Lipinski definition) is 2. The minimum atomic E-state index is -0.714. The van der Waals surface area contributed by atoms with E-state index in [1.165, 1.54) is 16.8 Å². The lowest BCUT2D eigenvalue weighted by Crippen LogP contribution is -2.29. The molecule has 5 nitrogen and oxygen atoms in total. The van der Waals surface area contributed by atoms with E-state index in [2.05, 4.69) is 0 Å². The van der Waals surface area contributed by atoms with Crippen molar-refractivity contribution in [2.45, 2.75) is 6.54 Å². The highest BCUT2D eigenvalue weighted by molar-refractivity contribution is 6.31. The Morgan fingerprint density at radius 3 is 2.67 bits per heavy atom. The summed E-state index contributed by atoms with van der Waals surface area (Å²) in [6.45, 7) is 0.283. The monoisotopic (exact) mass is 320 g/mol. The number of benzene rings is 1. The van der Waals surface area contributed by atoms with Crippen molar-refractivity contribution in [2.24, 2.45) is 5.73 Å². The first kappa shape index (κ1) is 15.1. The molecule has 2 aromatic rings. The van der Waals surface area contributed by atoms with Gasteiger partial charge in [-0.15, -0.1) is 0 Å². The van der Waals surface area contributed by atoms with Gasteiger partial charge in [-0.3, -0.25) is 10.2 Å². The fraction of sp³-hybridized carbons (Fsp3) is 0.0714. The molecular weight excluding hydrogens is 311 g/mol. The third kappa shape index (κ3) is 3.24. The fourth-order valence-corrected chi connectivity index (χ4v) is 2.34. The van der Waals surface area contributed by atoms with E-state index in [0.29, 0.717) is 15.6 Å². The van der Waals surface area contributed by atoms with Crippen LogP contribution in [0.1, 0.15) is 21.5 Å². The Morgan fingerprint density at radius 1 is 1.38 bits per heavy atom. The Morgan fingerprint density at radius 2 is 2.10 bits per heavy atom. The van der Waals surface area contributed by atoms with E-state index in [0.717, 1.165) is 5.56 Å². The normalized spacial score (nSPS) is 10.1. The maximum atomic E-state index is 11.3. The van der Waals surface area contributed by atoms with E-state index < -0.39 is 5.91 Å². The second-order valence-corrected chi connectivity index (χ2v) is 5.18. The average molecular weight is 321 g/mol. The Hall–Kier alpha value is -2.29. The van der Waals surface area contributed by atoms with Gasteiger partial charge in [0, 0.05) is 12.7 Å². The molecule has 0 saturated heterocycles. The van der Waals surface area contributed by atoms with Crippen LogP contribution in [0.5, 0.6) is 0 Å². The number of hydrogen-bond acceptors (Lipinski definition) is 3. The zero-order valence-corrected chi connectivity index (χ0v) is 12.2. The van der Waals surface area contributed by atoms with Crippen LogP contribution >= 0.6 is 23.2 Å². The number of rotatable bonds is 3. The standard InChI is InChI=1S/C14H10Cl2N4O/c15-10-4-11(14(19)21)13(18)20(7-10)6-8-1-2-9(5-17)12(16)3-8/h1-4,7,18H,6H2,(H2,19,21). The van der Waals surface area contributed by atoms with Crippen molar-refractivity contribution < 1.29 is 4.79 Å². The number of nitrogens with one attached hydrogen (secondary N) is 1. The summed E-state index contributed by atoms with van der Waals surface area (Å²) in [6.07, 6.45) is 1.53. The van der Waals surface area contributed by atoms with Crippen molar-refractivity contribution >= 4 is 29.1 Å². The summed E-state index contributed by atoms with van der Waals surface area (Å²) in [6, 6.07) is 8.29. The molecule has 0 aliphatic rings. The molecule has 1 aromatic heterocycles. The van der Waals surface area contributed by atoms with Gasteiger partial charge >= 0.3 is 0 Å². The molecule has 1 aromatic carbocycles. The summed E-state index contributed by atoms with van der Waals surface area (Å²) < 4.78 is 1.49. The molecule has 2 rings (SSSR count). The lowest BCUT2D eigenvalue weighted by atomic mass is 10.1. The van der Waals surface area contributed by atoms with Crippen LogP contribution in [0.3, 0.4) is 0 Å². The summed E-state index contributed by atoms with van der Waals surface area (Å²) in [4.78, 5) is 11.3. The molecule has 0 bridgehead atoms. The largest absolute Gasteiger partial charge is 0.365 e. The number of pyridine rings is 1. The molecule has 0 atom stereocenters. The van der Waals surface area contributed by atoms with Crippen LogP contribution < -0.4 is 11.2 Å². The van der Waals surface area contributed by atoms with Gasteiger partial charge in [0.1, 0.15) is 11.6 Å². The van der Waals surface area contributed by atoms with Crippen LogP contribution in [0.25, 0.3) is 0 Å². The molecule has 0 radical (unpaired) electrons. The molecule has 0 spiro atoms. The number of carbonyl (C=O) groups excluding carboxylic acids is 1. The molecule has 0 aliphatic heterocycles. The number of nitrogens with two attached hydrogens (primary N) is 1. The zero-order chi connectivity index (χ0) is 15.6. The Bertz CT molecular complexity index is 821. The number of amides is 1. The predicted molar refractivity (Wildman–Crippen MR) is 79.1 cm³/mol. The van der Waals surface area contributed by atoms with Gasteiger partial charge in [0.05, 0.1) is 21.2 Å². The first-order valence-corrected chi connectivity index (χ1v) is 6.61. The van der Waals surface area contributed by atoms with Crippen LogP contribution in [0, 0.1) is 16.7 Å². The minimum absolute atomic E-state index is 0.0348. The van der Waals surface area contributed by atoms with E-state index in [4.69, 9.17) is 39.6 Å². The first-order valence-electron chi connectivity index (χ1n) is 5.85. The van der Waals surface area contributed by atoms with Crippen molar-refractivity contribution in [3.8, 4) is 6.07 Å². The van der Waals surface area contributed by atoms with Crippen molar-refractivity contribution in [2.75, 3.05) is 0 Å². The van der Waals surface area contributed by atoms with Crippen LogP contribution in [-0.2, 0) is 6.54 Å². The van der Waals surface area contributed by atoms with Crippen LogP contribution in [-0.4, -0.2) is 10.5 Å². The fourth-order valence-electron chi connectivity index (χ4n) is 1.87. The Labute approximate surface area is 130 Å². The Balaban J connectivity index is 2.45. The van der Waals surface area contributed by atoms with Gasteiger partial charge in [-0.2, -0.15) is 5.26 Å². The van der Waals surface area contributed by atoms with E-state index >= 15 is 0 Å². The number of nitriles is 1. The Kier molecular flexibility index (Phi) is 4.32. The SMILES string of the molecule is N#Cc1ccc(Cn2cc(Cl)cc(C(N)=O)c2=N)cc1Cl. The summed E-state index contributed by atoms with van der Waals surface area (Å²) in [5, 5.41) is 17.4. The number of primary amides is 1. The molecule has 0 aliphatic carbocycles. The predicted octanol–water partition coefficient (Wildman–Crippen LogP) is 2.29. The summed E-state index contributed by atoms with van der Waals surface area (Å²) in [5.74, 6) is -0.714. The van der Waals surface area contributed by atoms with Crippen LogP contribution in [0.2, 0.25) is 10.0 Å². The van der Waals surface area contributed by atoms with E-state index in [9.17, 15) is 4.79 Å². The molecule has 3 N–H and O–H groups in total. The molecule has 1 heterocycles. The van der Waals surface area contributed by atoms with Gasteiger partial charge in [0.25, 0.3) is 5.91 Å². The number of carbonyl (C=O) groups is 1. The van der Waals surface area contributed by atoms with E-state index in [1.54, 1.807) is 18.2 Å². The van der Waals surface area contributed by atoms with Crippen molar-refractivity contribution in [1.82, 2.24) is 4.57 Å². The topological polar surface area (TPSA) is 95.7 Å². The lowest BCUT2D eigenvalue weighted by Gasteiger charge is -2.10. The lowest BCUT2D eigenvalue weighted by molar-refractivity contribution is 0.0998. The third-order valence-electron chi connectivity index (χ3n) is 2.88. The maximum absolute atomic E-state index is 11.3. The minimum Gasteiger partial charge on any atom is -0.365 e.